The molecule has 1 N–H and O–H groups in total. The van der Waals surface area contributed by atoms with Crippen LogP contribution in [0.2, 0.25) is 0 Å². The number of nitrogens with one attached hydrogen (secondary N) is 1. The van der Waals surface area contributed by atoms with Crippen LogP contribution >= 0.6 is 0 Å². The second kappa shape index (κ2) is 12.2. The summed E-state index contributed by atoms with van der Waals surface area (Å²) in [6, 6.07) is 54.4. The molecule has 1 aliphatic carbocycles. The van der Waals surface area contributed by atoms with Crippen molar-refractivity contribution in [1.29, 1.82) is 0 Å². The third-order valence-corrected chi connectivity index (χ3v) is 11.0. The molecular formula is C49H36N4. The minimum absolute atomic E-state index is 0.0570. The molecule has 3 heterocycles. The van der Waals surface area contributed by atoms with Crippen LogP contribution in [0.5, 0.6) is 0 Å². The third kappa shape index (κ3) is 5.34. The maximum atomic E-state index is 5.27. The fourth-order valence-electron chi connectivity index (χ4n) is 8.28. The molecular weight excluding hydrogens is 645 g/mol. The van der Waals surface area contributed by atoms with E-state index < -0.39 is 0 Å². The Morgan fingerprint density at radius 3 is 1.83 bits per heavy atom. The molecule has 4 heteroatoms. The Morgan fingerprint density at radius 1 is 0.509 bits per heavy atom. The molecule has 0 saturated heterocycles. The molecule has 10 rings (SSSR count). The van der Waals surface area contributed by atoms with Gasteiger partial charge in [-0.2, -0.15) is 0 Å². The molecule has 2 aliphatic rings. The van der Waals surface area contributed by atoms with Crippen molar-refractivity contribution in [2.75, 3.05) is 0 Å². The number of benzene rings is 6. The molecule has 1 unspecified atom stereocenters. The van der Waals surface area contributed by atoms with E-state index in [4.69, 9.17) is 4.99 Å². The first-order chi connectivity index (χ1) is 26.0. The van der Waals surface area contributed by atoms with Crippen LogP contribution in [0.4, 0.5) is 0 Å². The van der Waals surface area contributed by atoms with Crippen molar-refractivity contribution in [2.24, 2.45) is 4.99 Å². The maximum absolute atomic E-state index is 5.27. The van der Waals surface area contributed by atoms with Gasteiger partial charge in [0.05, 0.1) is 16.7 Å². The number of aliphatic imine (C=N–C) groups is 1. The Balaban J connectivity index is 0.971. The van der Waals surface area contributed by atoms with E-state index in [2.05, 4.69) is 175 Å². The van der Waals surface area contributed by atoms with Crippen molar-refractivity contribution in [1.82, 2.24) is 15.3 Å². The Labute approximate surface area is 309 Å². The summed E-state index contributed by atoms with van der Waals surface area (Å²) in [6.45, 7) is 4.70. The zero-order chi connectivity index (χ0) is 35.5. The lowest BCUT2D eigenvalue weighted by molar-refractivity contribution is 0.662. The van der Waals surface area contributed by atoms with Gasteiger partial charge in [0.15, 0.2) is 0 Å². The molecule has 0 amide bonds. The van der Waals surface area contributed by atoms with Crippen molar-refractivity contribution in [3.63, 3.8) is 0 Å². The smallest absolute Gasteiger partial charge is 0.145 e. The molecule has 53 heavy (non-hydrogen) atoms. The lowest BCUT2D eigenvalue weighted by Gasteiger charge is -2.25. The van der Waals surface area contributed by atoms with Gasteiger partial charge in [-0.3, -0.25) is 15.0 Å². The summed E-state index contributed by atoms with van der Waals surface area (Å²) in [6.07, 6.45) is 5.56. The van der Waals surface area contributed by atoms with Crippen molar-refractivity contribution >= 4 is 33.2 Å². The number of pyridine rings is 2. The normalized spacial score (nSPS) is 15.7. The largest absolute Gasteiger partial charge is 0.360 e. The molecule has 0 radical (unpaired) electrons. The van der Waals surface area contributed by atoms with E-state index in [1.165, 1.54) is 44.5 Å². The predicted octanol–water partition coefficient (Wildman–Crippen LogP) is 11.6. The topological polar surface area (TPSA) is 50.2 Å². The summed E-state index contributed by atoms with van der Waals surface area (Å²) in [5, 5.41) is 5.94. The number of allylic oxidation sites excluding steroid dienone is 1. The van der Waals surface area contributed by atoms with Gasteiger partial charge in [0.2, 0.25) is 0 Å². The molecule has 252 valence electrons. The van der Waals surface area contributed by atoms with Gasteiger partial charge in [-0.25, -0.2) is 0 Å². The summed E-state index contributed by atoms with van der Waals surface area (Å²) in [5.41, 5.74) is 17.5. The van der Waals surface area contributed by atoms with Gasteiger partial charge in [0.1, 0.15) is 6.17 Å². The van der Waals surface area contributed by atoms with Gasteiger partial charge in [-0.05, 0) is 98.1 Å². The average Bonchev–Trinajstić information content (AvgIpc) is 3.46. The Kier molecular flexibility index (Phi) is 7.19. The standard InChI is InChI=1S/C49H36N4/c1-49(2)42-13-4-3-10-40(42)41-12-5-11-39(47(41)49)33-18-14-31(15-19-33)32-16-20-34(21-17-32)48-52-45(37-22-24-43-35(28-37)8-6-26-50-43)30-46(53-48)38-23-25-44-36(29-38)9-7-27-51-44/h3-30,48,52H,1-2H3. The molecule has 8 aromatic rings. The average molecular weight is 681 g/mol. The van der Waals surface area contributed by atoms with Crippen LogP contribution < -0.4 is 5.32 Å². The third-order valence-electron chi connectivity index (χ3n) is 11.0. The highest BCUT2D eigenvalue weighted by Gasteiger charge is 2.37. The number of fused-ring (bicyclic) bond motifs is 5. The van der Waals surface area contributed by atoms with Gasteiger partial charge in [-0.15, -0.1) is 0 Å². The van der Waals surface area contributed by atoms with E-state index in [1.54, 1.807) is 0 Å². The predicted molar refractivity (Wildman–Crippen MR) is 219 cm³/mol. The Hall–Kier alpha value is -6.65. The number of hydrogen-bond donors (Lipinski definition) is 1. The Morgan fingerprint density at radius 2 is 1.09 bits per heavy atom. The van der Waals surface area contributed by atoms with Gasteiger partial charge < -0.3 is 5.32 Å². The highest BCUT2D eigenvalue weighted by atomic mass is 15.1. The zero-order valence-corrected chi connectivity index (χ0v) is 29.6. The van der Waals surface area contributed by atoms with Gasteiger partial charge >= 0.3 is 0 Å². The second-order valence-electron chi connectivity index (χ2n) is 14.5. The van der Waals surface area contributed by atoms with Crippen LogP contribution in [0.3, 0.4) is 0 Å². The van der Waals surface area contributed by atoms with Crippen LogP contribution in [0, 0.1) is 0 Å². The fourth-order valence-corrected chi connectivity index (χ4v) is 8.28. The molecule has 0 spiro atoms. The monoisotopic (exact) mass is 680 g/mol. The number of hydrogen-bond acceptors (Lipinski definition) is 4. The highest BCUT2D eigenvalue weighted by Crippen LogP contribution is 2.52. The van der Waals surface area contributed by atoms with E-state index in [1.807, 2.05) is 24.5 Å². The van der Waals surface area contributed by atoms with Crippen LogP contribution in [0.15, 0.2) is 175 Å². The summed E-state index contributed by atoms with van der Waals surface area (Å²) in [4.78, 5) is 14.3. The SMILES string of the molecule is CC1(C)c2ccccc2-c2cccc(-c3ccc(-c4ccc(C5N=C(c6ccc7ncccc7c6)C=C(c6ccc7ncccc7c6)N5)cc4)cc3)c21. The fraction of sp³-hybridized carbons (Fsp3) is 0.0816. The van der Waals surface area contributed by atoms with E-state index in [9.17, 15) is 0 Å². The van der Waals surface area contributed by atoms with E-state index >= 15 is 0 Å². The molecule has 0 bridgehead atoms. The van der Waals surface area contributed by atoms with Crippen molar-refractivity contribution < 1.29 is 0 Å². The first kappa shape index (κ1) is 31.1. The Bertz CT molecular complexity index is 2770. The quantitative estimate of drug-likeness (QED) is 0.197. The number of rotatable bonds is 5. The lowest BCUT2D eigenvalue weighted by Crippen LogP contribution is -2.24. The van der Waals surface area contributed by atoms with Crippen LogP contribution in [0.25, 0.3) is 60.9 Å². The van der Waals surface area contributed by atoms with Crippen LogP contribution in [-0.2, 0) is 5.41 Å². The number of aromatic nitrogens is 2. The molecule has 1 atom stereocenters. The summed E-state index contributed by atoms with van der Waals surface area (Å²) >= 11 is 0. The summed E-state index contributed by atoms with van der Waals surface area (Å²) in [5.74, 6) is 0. The van der Waals surface area contributed by atoms with Gasteiger partial charge in [-0.1, -0.05) is 129 Å². The van der Waals surface area contributed by atoms with Gasteiger partial charge in [0.25, 0.3) is 0 Å². The zero-order valence-electron chi connectivity index (χ0n) is 29.6. The first-order valence-corrected chi connectivity index (χ1v) is 18.2. The minimum atomic E-state index is -0.261. The minimum Gasteiger partial charge on any atom is -0.360 e. The van der Waals surface area contributed by atoms with E-state index in [0.29, 0.717) is 0 Å². The van der Waals surface area contributed by atoms with E-state index in [-0.39, 0.29) is 11.6 Å². The maximum Gasteiger partial charge on any atom is 0.145 e. The second-order valence-corrected chi connectivity index (χ2v) is 14.5. The molecule has 2 aromatic heterocycles. The van der Waals surface area contributed by atoms with Crippen molar-refractivity contribution in [3.05, 3.63) is 198 Å². The highest BCUT2D eigenvalue weighted by molar-refractivity contribution is 6.14. The van der Waals surface area contributed by atoms with E-state index in [0.717, 1.165) is 49.9 Å². The van der Waals surface area contributed by atoms with Crippen molar-refractivity contribution in [3.8, 4) is 33.4 Å². The molecule has 6 aromatic carbocycles. The molecule has 4 nitrogen and oxygen atoms in total. The van der Waals surface area contributed by atoms with Crippen molar-refractivity contribution in [2.45, 2.75) is 25.4 Å². The summed E-state index contributed by atoms with van der Waals surface area (Å²) in [7, 11) is 0. The number of nitrogens with zero attached hydrogens (tertiary/aromatic N) is 3. The molecule has 0 saturated carbocycles. The molecule has 0 fully saturated rings. The molecule has 1 aliphatic heterocycles. The summed E-state index contributed by atoms with van der Waals surface area (Å²) < 4.78 is 0. The lowest BCUT2D eigenvalue weighted by atomic mass is 9.79. The van der Waals surface area contributed by atoms with Crippen LogP contribution in [-0.4, -0.2) is 15.7 Å². The van der Waals surface area contributed by atoms with Gasteiger partial charge in [0, 0.05) is 39.8 Å². The first-order valence-electron chi connectivity index (χ1n) is 18.2. The van der Waals surface area contributed by atoms with Crippen LogP contribution in [0.1, 0.15) is 47.8 Å².